The molecule has 0 aliphatic heterocycles. The Bertz CT molecular complexity index is 847. The predicted molar refractivity (Wildman–Crippen MR) is 93.1 cm³/mol. The summed E-state index contributed by atoms with van der Waals surface area (Å²) in [4.78, 5) is 15.3. The van der Waals surface area contributed by atoms with Gasteiger partial charge in [0, 0.05) is 24.8 Å². The van der Waals surface area contributed by atoms with Gasteiger partial charge in [-0.2, -0.15) is 0 Å². The number of amides is 1. The zero-order valence-electron chi connectivity index (χ0n) is 12.9. The van der Waals surface area contributed by atoms with Gasteiger partial charge in [-0.15, -0.1) is 0 Å². The van der Waals surface area contributed by atoms with Gasteiger partial charge in [-0.05, 0) is 35.2 Å². The number of hydrogen-bond donors (Lipinski definition) is 2. The van der Waals surface area contributed by atoms with E-state index in [-0.39, 0.29) is 12.3 Å². The van der Waals surface area contributed by atoms with Crippen molar-refractivity contribution in [1.29, 1.82) is 0 Å². The van der Waals surface area contributed by atoms with E-state index in [0.717, 1.165) is 27.7 Å². The van der Waals surface area contributed by atoms with Gasteiger partial charge in [-0.25, -0.2) is 0 Å². The van der Waals surface area contributed by atoms with Crippen LogP contribution in [0.2, 0.25) is 0 Å². The largest absolute Gasteiger partial charge is 0.369 e. The minimum atomic E-state index is -0.343. The maximum Gasteiger partial charge on any atom is 0.221 e. The van der Waals surface area contributed by atoms with Gasteiger partial charge in [0.1, 0.15) is 0 Å². The van der Waals surface area contributed by atoms with Crippen molar-refractivity contribution in [2.45, 2.75) is 6.42 Å². The van der Waals surface area contributed by atoms with Crippen LogP contribution in [-0.2, 0) is 11.2 Å². The van der Waals surface area contributed by atoms with Crippen LogP contribution in [0, 0.1) is 0 Å². The number of carbonyl (C=O) groups excluding carboxylic acids is 1. The lowest BCUT2D eigenvalue weighted by Crippen LogP contribution is -2.26. The van der Waals surface area contributed by atoms with Crippen molar-refractivity contribution in [1.82, 2.24) is 4.98 Å². The van der Waals surface area contributed by atoms with Crippen molar-refractivity contribution in [3.63, 3.8) is 0 Å². The summed E-state index contributed by atoms with van der Waals surface area (Å²) >= 11 is 0. The van der Waals surface area contributed by atoms with E-state index in [4.69, 9.17) is 5.73 Å². The third-order valence-corrected chi connectivity index (χ3v) is 3.66. The fourth-order valence-electron chi connectivity index (χ4n) is 2.58. The third kappa shape index (κ3) is 3.40. The molecule has 0 aliphatic rings. The van der Waals surface area contributed by atoms with Crippen LogP contribution in [0.4, 0.5) is 11.4 Å². The van der Waals surface area contributed by atoms with Crippen molar-refractivity contribution in [2.24, 2.45) is 5.73 Å². The van der Waals surface area contributed by atoms with Crippen LogP contribution in [0.5, 0.6) is 0 Å². The highest BCUT2D eigenvalue weighted by Crippen LogP contribution is 2.23. The number of rotatable bonds is 5. The van der Waals surface area contributed by atoms with Crippen molar-refractivity contribution < 1.29 is 4.79 Å². The highest BCUT2D eigenvalue weighted by Gasteiger charge is 2.09. The van der Waals surface area contributed by atoms with Crippen molar-refractivity contribution in [3.8, 4) is 0 Å². The first-order valence-corrected chi connectivity index (χ1v) is 7.34. The molecule has 23 heavy (non-hydrogen) atoms. The Balaban J connectivity index is 1.85. The first-order valence-electron chi connectivity index (χ1n) is 7.34. The topological polar surface area (TPSA) is 71.2 Å². The molecule has 1 amide bonds. The molecule has 1 heterocycles. The van der Waals surface area contributed by atoms with E-state index in [0.29, 0.717) is 0 Å². The second-order valence-electron chi connectivity index (χ2n) is 5.38. The summed E-state index contributed by atoms with van der Waals surface area (Å²) in [5.74, 6) is -0.343. The van der Waals surface area contributed by atoms with Gasteiger partial charge in [0.25, 0.3) is 0 Å². The van der Waals surface area contributed by atoms with Crippen LogP contribution < -0.4 is 16.2 Å². The summed E-state index contributed by atoms with van der Waals surface area (Å²) < 4.78 is 0. The number of anilines is 2. The monoisotopic (exact) mass is 306 g/mol. The average molecular weight is 306 g/mol. The molecule has 3 rings (SSSR count). The van der Waals surface area contributed by atoms with Crippen molar-refractivity contribution >= 4 is 28.1 Å². The van der Waals surface area contributed by atoms with Crippen LogP contribution >= 0.6 is 0 Å². The zero-order valence-corrected chi connectivity index (χ0v) is 12.9. The maximum atomic E-state index is 11.2. The van der Waals surface area contributed by atoms with Gasteiger partial charge in [0.15, 0.2) is 0 Å². The second-order valence-corrected chi connectivity index (χ2v) is 5.38. The third-order valence-electron chi connectivity index (χ3n) is 3.66. The number of nitrogens with zero attached hydrogens (tertiary/aromatic N) is 2. The molecule has 5 nitrogen and oxygen atoms in total. The summed E-state index contributed by atoms with van der Waals surface area (Å²) in [5.41, 5.74) is 11.4. The maximum absolute atomic E-state index is 11.2. The van der Waals surface area contributed by atoms with Gasteiger partial charge in [0.2, 0.25) is 5.91 Å². The van der Waals surface area contributed by atoms with Crippen LogP contribution in [-0.4, -0.2) is 17.9 Å². The minimum Gasteiger partial charge on any atom is -0.369 e. The number of nitrogens with one attached hydrogen (secondary N) is 1. The van der Waals surface area contributed by atoms with Gasteiger partial charge in [0.05, 0.1) is 17.8 Å². The Morgan fingerprint density at radius 3 is 2.83 bits per heavy atom. The molecule has 5 heteroatoms. The molecule has 0 saturated carbocycles. The first-order chi connectivity index (χ1) is 11.1. The van der Waals surface area contributed by atoms with Crippen LogP contribution in [0.15, 0.2) is 60.9 Å². The number of carbonyl (C=O) groups is 1. The molecule has 3 aromatic rings. The summed E-state index contributed by atoms with van der Waals surface area (Å²) in [6.07, 6.45) is 3.83. The first kappa shape index (κ1) is 14.8. The number of hydrogen-bond acceptors (Lipinski definition) is 4. The number of hydrazine groups is 1. The number of benzene rings is 2. The molecule has 2 aromatic carbocycles. The quantitative estimate of drug-likeness (QED) is 0.711. The van der Waals surface area contributed by atoms with Crippen molar-refractivity contribution in [2.75, 3.05) is 17.5 Å². The molecule has 3 N–H and O–H groups in total. The van der Waals surface area contributed by atoms with E-state index in [1.54, 1.807) is 6.20 Å². The second kappa shape index (κ2) is 6.36. The lowest BCUT2D eigenvalue weighted by Gasteiger charge is -2.24. The number of aromatic nitrogens is 1. The lowest BCUT2D eigenvalue weighted by molar-refractivity contribution is -0.117. The number of fused-ring (bicyclic) bond motifs is 1. The van der Waals surface area contributed by atoms with Gasteiger partial charge in [-0.3, -0.25) is 20.2 Å². The van der Waals surface area contributed by atoms with Crippen LogP contribution in [0.1, 0.15) is 5.56 Å². The van der Waals surface area contributed by atoms with E-state index in [9.17, 15) is 4.79 Å². The predicted octanol–water partition coefficient (Wildman–Crippen LogP) is 2.73. The van der Waals surface area contributed by atoms with Gasteiger partial charge in [-0.1, -0.05) is 24.3 Å². The molecule has 0 spiro atoms. The normalized spacial score (nSPS) is 10.5. The molecule has 0 aliphatic carbocycles. The van der Waals surface area contributed by atoms with Crippen LogP contribution in [0.25, 0.3) is 10.8 Å². The van der Waals surface area contributed by atoms with E-state index < -0.39 is 0 Å². The Kier molecular flexibility index (Phi) is 4.10. The van der Waals surface area contributed by atoms with Crippen molar-refractivity contribution in [3.05, 3.63) is 66.5 Å². The standard InChI is InChI=1S/C18H18N4O/c1-22(17-5-3-2-4-14(17)11-18(19)23)21-16-7-6-15-12-20-9-8-13(15)10-16/h2-10,12,21H,11H2,1H3,(H2,19,23). The van der Waals surface area contributed by atoms with E-state index in [1.165, 1.54) is 0 Å². The Hall–Kier alpha value is -3.08. The molecule has 0 fully saturated rings. The highest BCUT2D eigenvalue weighted by atomic mass is 16.1. The summed E-state index contributed by atoms with van der Waals surface area (Å²) in [6.45, 7) is 0. The van der Waals surface area contributed by atoms with E-state index in [1.807, 2.05) is 60.7 Å². The molecule has 0 atom stereocenters. The van der Waals surface area contributed by atoms with Gasteiger partial charge >= 0.3 is 0 Å². The summed E-state index contributed by atoms with van der Waals surface area (Å²) in [6, 6.07) is 15.8. The number of primary amides is 1. The molecule has 0 unspecified atom stereocenters. The van der Waals surface area contributed by atoms with E-state index >= 15 is 0 Å². The smallest absolute Gasteiger partial charge is 0.221 e. The molecule has 0 bridgehead atoms. The van der Waals surface area contributed by atoms with Crippen LogP contribution in [0.3, 0.4) is 0 Å². The molecular weight excluding hydrogens is 288 g/mol. The zero-order chi connectivity index (χ0) is 16.2. The highest BCUT2D eigenvalue weighted by molar-refractivity contribution is 5.85. The SMILES string of the molecule is CN(Nc1ccc2cnccc2c1)c1ccccc1CC(N)=O. The molecule has 0 radical (unpaired) electrons. The fourth-order valence-corrected chi connectivity index (χ4v) is 2.58. The number of pyridine rings is 1. The Morgan fingerprint density at radius 2 is 2.00 bits per heavy atom. The molecule has 116 valence electrons. The lowest BCUT2D eigenvalue weighted by atomic mass is 10.1. The molecule has 1 aromatic heterocycles. The van der Waals surface area contributed by atoms with Gasteiger partial charge < -0.3 is 5.73 Å². The Labute approximate surface area is 134 Å². The minimum absolute atomic E-state index is 0.214. The number of para-hydroxylation sites is 1. The number of nitrogens with two attached hydrogens (primary N) is 1. The molecular formula is C18H18N4O. The molecule has 0 saturated heterocycles. The fraction of sp³-hybridized carbons (Fsp3) is 0.111. The summed E-state index contributed by atoms with van der Waals surface area (Å²) in [5, 5.41) is 4.10. The summed E-state index contributed by atoms with van der Waals surface area (Å²) in [7, 11) is 1.91. The Morgan fingerprint density at radius 1 is 1.17 bits per heavy atom. The van der Waals surface area contributed by atoms with E-state index in [2.05, 4.69) is 16.5 Å². The average Bonchev–Trinajstić information content (AvgIpc) is 2.54.